The summed E-state index contributed by atoms with van der Waals surface area (Å²) in [6.45, 7) is 3.07. The van der Waals surface area contributed by atoms with Crippen molar-refractivity contribution >= 4 is 38.3 Å². The SMILES string of the molecule is Cc1cccc2sc(N(CCN(C)C)C(=O)c3cccc([N+](=O)[O-])c3)nc12. The molecule has 0 atom stereocenters. The first kappa shape index (κ1) is 18.9. The zero-order chi connectivity index (χ0) is 19.6. The second kappa shape index (κ2) is 7.81. The van der Waals surface area contributed by atoms with Crippen LogP contribution in [0.4, 0.5) is 10.8 Å². The summed E-state index contributed by atoms with van der Waals surface area (Å²) in [5, 5.41) is 11.6. The number of rotatable bonds is 6. The third-order valence-electron chi connectivity index (χ3n) is 4.16. The predicted octanol–water partition coefficient (Wildman–Crippen LogP) is 3.72. The molecule has 140 valence electrons. The van der Waals surface area contributed by atoms with Gasteiger partial charge in [0, 0.05) is 30.8 Å². The highest BCUT2D eigenvalue weighted by molar-refractivity contribution is 7.22. The largest absolute Gasteiger partial charge is 0.308 e. The van der Waals surface area contributed by atoms with Crippen molar-refractivity contribution in [1.29, 1.82) is 0 Å². The quantitative estimate of drug-likeness (QED) is 0.478. The molecule has 0 aliphatic rings. The van der Waals surface area contributed by atoms with Gasteiger partial charge in [-0.3, -0.25) is 19.8 Å². The van der Waals surface area contributed by atoms with Gasteiger partial charge in [0.15, 0.2) is 5.13 Å². The van der Waals surface area contributed by atoms with Crippen molar-refractivity contribution in [2.45, 2.75) is 6.92 Å². The van der Waals surface area contributed by atoms with Crippen LogP contribution in [0.3, 0.4) is 0 Å². The maximum atomic E-state index is 13.1. The lowest BCUT2D eigenvalue weighted by Crippen LogP contribution is -2.36. The number of anilines is 1. The standard InChI is InChI=1S/C19H20N4O3S/c1-13-6-4-9-16-17(13)20-19(27-16)22(11-10-21(2)3)18(24)14-7-5-8-15(12-14)23(25)26/h4-9,12H,10-11H2,1-3H3. The fourth-order valence-electron chi connectivity index (χ4n) is 2.68. The number of para-hydroxylation sites is 1. The number of carbonyl (C=O) groups excluding carboxylic acids is 1. The molecule has 3 rings (SSSR count). The van der Waals surface area contributed by atoms with E-state index in [2.05, 4.69) is 4.98 Å². The van der Waals surface area contributed by atoms with Gasteiger partial charge in [0.1, 0.15) is 0 Å². The number of aromatic nitrogens is 1. The molecule has 0 radical (unpaired) electrons. The molecule has 7 nitrogen and oxygen atoms in total. The predicted molar refractivity (Wildman–Crippen MR) is 108 cm³/mol. The normalized spacial score (nSPS) is 11.1. The van der Waals surface area contributed by atoms with Crippen LogP contribution in [0.1, 0.15) is 15.9 Å². The smallest absolute Gasteiger partial charge is 0.270 e. The van der Waals surface area contributed by atoms with E-state index in [1.54, 1.807) is 11.0 Å². The van der Waals surface area contributed by atoms with Gasteiger partial charge < -0.3 is 4.90 Å². The zero-order valence-electron chi connectivity index (χ0n) is 15.4. The van der Waals surface area contributed by atoms with Gasteiger partial charge in [0.2, 0.25) is 0 Å². The highest BCUT2D eigenvalue weighted by Crippen LogP contribution is 2.31. The van der Waals surface area contributed by atoms with Gasteiger partial charge in [-0.2, -0.15) is 0 Å². The highest BCUT2D eigenvalue weighted by Gasteiger charge is 2.23. The Labute approximate surface area is 161 Å². The first-order valence-corrected chi connectivity index (χ1v) is 9.25. The molecule has 3 aromatic rings. The van der Waals surface area contributed by atoms with Crippen LogP contribution < -0.4 is 4.90 Å². The molecule has 0 saturated heterocycles. The number of nitrogens with zero attached hydrogens (tertiary/aromatic N) is 4. The maximum absolute atomic E-state index is 13.1. The number of amides is 1. The number of hydrogen-bond donors (Lipinski definition) is 0. The second-order valence-corrected chi connectivity index (χ2v) is 7.49. The lowest BCUT2D eigenvalue weighted by molar-refractivity contribution is -0.384. The summed E-state index contributed by atoms with van der Waals surface area (Å²) in [7, 11) is 3.86. The Balaban J connectivity index is 2.01. The average Bonchev–Trinajstić information content (AvgIpc) is 3.07. The second-order valence-electron chi connectivity index (χ2n) is 6.49. The number of fused-ring (bicyclic) bond motifs is 1. The van der Waals surface area contributed by atoms with E-state index >= 15 is 0 Å². The molecule has 0 aliphatic carbocycles. The van der Waals surface area contributed by atoms with Crippen molar-refractivity contribution in [2.75, 3.05) is 32.1 Å². The monoisotopic (exact) mass is 384 g/mol. The summed E-state index contributed by atoms with van der Waals surface area (Å²) in [5.41, 5.74) is 2.09. The van der Waals surface area contributed by atoms with Crippen molar-refractivity contribution in [1.82, 2.24) is 9.88 Å². The number of benzene rings is 2. The number of nitro benzene ring substituents is 1. The summed E-state index contributed by atoms with van der Waals surface area (Å²) in [6, 6.07) is 11.7. The van der Waals surface area contributed by atoms with E-state index in [1.165, 1.54) is 29.5 Å². The molecule has 0 unspecified atom stereocenters. The Morgan fingerprint density at radius 2 is 1.93 bits per heavy atom. The van der Waals surface area contributed by atoms with E-state index in [9.17, 15) is 14.9 Å². The summed E-state index contributed by atoms with van der Waals surface area (Å²) in [5.74, 6) is -0.294. The molecule has 1 heterocycles. The molecule has 0 spiro atoms. The van der Waals surface area contributed by atoms with E-state index in [0.717, 1.165) is 15.8 Å². The number of carbonyl (C=O) groups is 1. The fourth-order valence-corrected chi connectivity index (χ4v) is 3.75. The van der Waals surface area contributed by atoms with Crippen LogP contribution in [0.25, 0.3) is 10.2 Å². The molecule has 1 amide bonds. The number of non-ortho nitro benzene ring substituents is 1. The van der Waals surface area contributed by atoms with Crippen LogP contribution in [0.5, 0.6) is 0 Å². The van der Waals surface area contributed by atoms with Crippen molar-refractivity contribution < 1.29 is 9.72 Å². The van der Waals surface area contributed by atoms with Crippen LogP contribution in [-0.2, 0) is 0 Å². The van der Waals surface area contributed by atoms with Crippen LogP contribution in [-0.4, -0.2) is 47.9 Å². The molecule has 0 aliphatic heterocycles. The number of likely N-dealkylation sites (N-methyl/N-ethyl adjacent to an activating group) is 1. The molecular formula is C19H20N4O3S. The van der Waals surface area contributed by atoms with Gasteiger partial charge in [-0.1, -0.05) is 29.5 Å². The van der Waals surface area contributed by atoms with E-state index in [0.29, 0.717) is 18.2 Å². The van der Waals surface area contributed by atoms with Gasteiger partial charge >= 0.3 is 0 Å². The van der Waals surface area contributed by atoms with Gasteiger partial charge in [0.25, 0.3) is 11.6 Å². The Hall–Kier alpha value is -2.84. The highest BCUT2D eigenvalue weighted by atomic mass is 32.1. The third-order valence-corrected chi connectivity index (χ3v) is 5.20. The van der Waals surface area contributed by atoms with Crippen molar-refractivity contribution in [3.05, 3.63) is 63.7 Å². The first-order valence-electron chi connectivity index (χ1n) is 8.44. The summed E-state index contributed by atoms with van der Waals surface area (Å²) >= 11 is 1.45. The Morgan fingerprint density at radius 3 is 2.59 bits per heavy atom. The van der Waals surface area contributed by atoms with Crippen LogP contribution >= 0.6 is 11.3 Å². The van der Waals surface area contributed by atoms with Crippen LogP contribution in [0, 0.1) is 17.0 Å². The minimum Gasteiger partial charge on any atom is -0.308 e. The number of hydrogen-bond acceptors (Lipinski definition) is 6. The Morgan fingerprint density at radius 1 is 1.19 bits per heavy atom. The van der Waals surface area contributed by atoms with E-state index in [1.807, 2.05) is 44.1 Å². The summed E-state index contributed by atoms with van der Waals surface area (Å²) in [6.07, 6.45) is 0. The van der Waals surface area contributed by atoms with E-state index in [4.69, 9.17) is 0 Å². The van der Waals surface area contributed by atoms with Crippen molar-refractivity contribution in [3.8, 4) is 0 Å². The van der Waals surface area contributed by atoms with Crippen molar-refractivity contribution in [3.63, 3.8) is 0 Å². The summed E-state index contributed by atoms with van der Waals surface area (Å²) in [4.78, 5) is 31.9. The number of aryl methyl sites for hydroxylation is 1. The van der Waals surface area contributed by atoms with Crippen LogP contribution in [0.15, 0.2) is 42.5 Å². The Bertz CT molecular complexity index is 1000. The number of nitro groups is 1. The van der Waals surface area contributed by atoms with Gasteiger partial charge in [0.05, 0.1) is 15.1 Å². The minimum atomic E-state index is -0.498. The summed E-state index contributed by atoms with van der Waals surface area (Å²) < 4.78 is 1.01. The third kappa shape index (κ3) is 4.12. The molecule has 27 heavy (non-hydrogen) atoms. The molecule has 2 aromatic carbocycles. The fraction of sp³-hybridized carbons (Fsp3) is 0.263. The molecule has 8 heteroatoms. The maximum Gasteiger partial charge on any atom is 0.270 e. The first-order chi connectivity index (χ1) is 12.9. The zero-order valence-corrected chi connectivity index (χ0v) is 16.2. The molecule has 0 N–H and O–H groups in total. The van der Waals surface area contributed by atoms with Crippen LogP contribution in [0.2, 0.25) is 0 Å². The molecular weight excluding hydrogens is 364 g/mol. The lowest BCUT2D eigenvalue weighted by Gasteiger charge is -2.22. The molecule has 0 bridgehead atoms. The molecule has 1 aromatic heterocycles. The molecule has 0 fully saturated rings. The minimum absolute atomic E-state index is 0.103. The van der Waals surface area contributed by atoms with E-state index in [-0.39, 0.29) is 17.2 Å². The van der Waals surface area contributed by atoms with Gasteiger partial charge in [-0.25, -0.2) is 4.98 Å². The lowest BCUT2D eigenvalue weighted by atomic mass is 10.2. The number of thiazole rings is 1. The van der Waals surface area contributed by atoms with Gasteiger partial charge in [-0.15, -0.1) is 0 Å². The average molecular weight is 384 g/mol. The van der Waals surface area contributed by atoms with Crippen molar-refractivity contribution in [2.24, 2.45) is 0 Å². The molecule has 0 saturated carbocycles. The topological polar surface area (TPSA) is 79.6 Å². The van der Waals surface area contributed by atoms with E-state index < -0.39 is 4.92 Å². The van der Waals surface area contributed by atoms with Gasteiger partial charge in [-0.05, 0) is 38.7 Å². The Kier molecular flexibility index (Phi) is 5.48.